The third-order valence-corrected chi connectivity index (χ3v) is 0.557. The minimum absolute atomic E-state index is 0. The van der Waals surface area contributed by atoms with Gasteiger partial charge in [0.2, 0.25) is 0 Å². The van der Waals surface area contributed by atoms with Crippen molar-refractivity contribution in [3.8, 4) is 0 Å². The molecule has 0 saturated heterocycles. The first-order valence-electron chi connectivity index (χ1n) is 1.29. The second-order valence-electron chi connectivity index (χ2n) is 0.695. The Morgan fingerprint density at radius 2 is 1.88 bits per heavy atom. The van der Waals surface area contributed by atoms with Crippen LogP contribution in [0.4, 0.5) is 0 Å². The topological polar surface area (TPSA) is 63.6 Å². The molecule has 0 bridgehead atoms. The van der Waals surface area contributed by atoms with Crippen LogP contribution in [0.15, 0.2) is 0 Å². The summed E-state index contributed by atoms with van der Waals surface area (Å²) in [6.45, 7) is 0. The van der Waals surface area contributed by atoms with Crippen molar-refractivity contribution in [3.05, 3.63) is 0 Å². The molecule has 0 aliphatic heterocycles. The van der Waals surface area contributed by atoms with Gasteiger partial charge in [0.25, 0.3) is 0 Å². The molecular formula is C2H4AlO4Ti. The van der Waals surface area contributed by atoms with Crippen molar-refractivity contribution in [1.82, 2.24) is 0 Å². The molecule has 0 atom stereocenters. The van der Waals surface area contributed by atoms with Gasteiger partial charge in [-0.15, -0.1) is 0 Å². The normalized spacial score (nSPS) is 6.38. The van der Waals surface area contributed by atoms with Gasteiger partial charge in [-0.1, -0.05) is 0 Å². The molecule has 0 aromatic rings. The van der Waals surface area contributed by atoms with Gasteiger partial charge in [-0.2, -0.15) is 0 Å². The summed E-state index contributed by atoms with van der Waals surface area (Å²) < 4.78 is 3.77. The molecule has 0 aliphatic carbocycles. The van der Waals surface area contributed by atoms with Crippen LogP contribution in [0.5, 0.6) is 0 Å². The van der Waals surface area contributed by atoms with E-state index in [1.54, 1.807) is 0 Å². The van der Waals surface area contributed by atoms with E-state index in [4.69, 9.17) is 5.11 Å². The fourth-order valence-electron chi connectivity index (χ4n) is 0.0437. The molecule has 0 fully saturated rings. The Kier molecular flexibility index (Phi) is 7.35. The summed E-state index contributed by atoms with van der Waals surface area (Å²) in [7, 11) is 0. The van der Waals surface area contributed by atoms with Crippen molar-refractivity contribution in [2.45, 2.75) is 0 Å². The second kappa shape index (κ2) is 5.33. The average molecular weight is 167 g/mol. The first kappa shape index (κ1) is 11.0. The Morgan fingerprint density at radius 3 is 1.88 bits per heavy atom. The van der Waals surface area contributed by atoms with Crippen LogP contribution in [0.1, 0.15) is 0 Å². The molecule has 0 heterocycles. The summed E-state index contributed by atoms with van der Waals surface area (Å²) in [4.78, 5) is 19.1. The van der Waals surface area contributed by atoms with Crippen molar-refractivity contribution in [3.63, 3.8) is 0 Å². The van der Waals surface area contributed by atoms with Crippen LogP contribution >= 0.6 is 0 Å². The van der Waals surface area contributed by atoms with Crippen molar-refractivity contribution in [2.75, 3.05) is 0 Å². The average Bonchev–Trinajstić information content (AvgIpc) is 1.65. The molecule has 0 unspecified atom stereocenters. The van der Waals surface area contributed by atoms with Gasteiger partial charge in [0.1, 0.15) is 0 Å². The van der Waals surface area contributed by atoms with Crippen LogP contribution in [0.3, 0.4) is 0 Å². The maximum Gasteiger partial charge on any atom is 0.187 e. The van der Waals surface area contributed by atoms with Crippen molar-refractivity contribution >= 4 is 29.3 Å². The molecule has 0 spiro atoms. The zero-order valence-electron chi connectivity index (χ0n) is 3.17. The van der Waals surface area contributed by atoms with Crippen LogP contribution in [0.25, 0.3) is 0 Å². The smallest absolute Gasteiger partial charge is 0.187 e. The zero-order chi connectivity index (χ0) is 5.86. The standard InChI is InChI=1S/C2H2O4.Al.Ti.3H/c3-1(4)2(5)6;;;;;/h(H,3,4)(H,5,6);;;;;/q;;+1;;;/p-1. The summed E-state index contributed by atoms with van der Waals surface area (Å²) in [6.07, 6.45) is 0. The Hall–Kier alpha value is 0.187. The van der Waals surface area contributed by atoms with Crippen LogP contribution in [0.2, 0.25) is 0 Å². The van der Waals surface area contributed by atoms with Crippen molar-refractivity contribution in [1.29, 1.82) is 0 Å². The number of carboxylic acid groups (broad SMARTS) is 1. The van der Waals surface area contributed by atoms with Crippen molar-refractivity contribution < 1.29 is 38.8 Å². The van der Waals surface area contributed by atoms with E-state index in [2.05, 4.69) is 3.32 Å². The first-order chi connectivity index (χ1) is 3.18. The Bertz CT molecular complexity index is 102. The number of carbonyl (C=O) groups excluding carboxylic acids is 1. The third-order valence-electron chi connectivity index (χ3n) is 0.267. The molecule has 0 aliphatic rings. The number of hydrogen-bond donors (Lipinski definition) is 1. The minimum atomic E-state index is -1.57. The molecule has 0 aromatic heterocycles. The van der Waals surface area contributed by atoms with Gasteiger partial charge in [-0.25, -0.2) is 0 Å². The molecule has 0 saturated carbocycles. The van der Waals surface area contributed by atoms with Gasteiger partial charge in [-0.05, 0) is 0 Å². The SMILES string of the molecule is O=C(O)C(=O)[O][Ti].[AlH3]. The Morgan fingerprint density at radius 1 is 1.50 bits per heavy atom. The summed E-state index contributed by atoms with van der Waals surface area (Å²) in [5.41, 5.74) is 0. The van der Waals surface area contributed by atoms with Crippen molar-refractivity contribution in [2.24, 2.45) is 0 Å². The van der Waals surface area contributed by atoms with Gasteiger partial charge in [-0.3, -0.25) is 0 Å². The second-order valence-corrected chi connectivity index (χ2v) is 1.01. The molecule has 1 N–H and O–H groups in total. The summed E-state index contributed by atoms with van der Waals surface area (Å²) >= 11 is 1.01. The molecule has 0 rings (SSSR count). The van der Waals surface area contributed by atoms with Gasteiger partial charge in [0.15, 0.2) is 17.4 Å². The molecule has 0 radical (unpaired) electrons. The number of aliphatic carboxylic acids is 1. The predicted octanol–water partition coefficient (Wildman–Crippen LogP) is -2.11. The predicted molar refractivity (Wildman–Crippen MR) is 23.7 cm³/mol. The van der Waals surface area contributed by atoms with Crippen LogP contribution in [-0.4, -0.2) is 34.4 Å². The van der Waals surface area contributed by atoms with Crippen LogP contribution in [-0.2, 0) is 33.7 Å². The summed E-state index contributed by atoms with van der Waals surface area (Å²) in [6, 6.07) is 0. The molecular weight excluding hydrogens is 163 g/mol. The van der Waals surface area contributed by atoms with E-state index in [1.165, 1.54) is 0 Å². The summed E-state index contributed by atoms with van der Waals surface area (Å²) in [5.74, 6) is -2.80. The van der Waals surface area contributed by atoms with Gasteiger partial charge < -0.3 is 0 Å². The largest absolute Gasteiger partial charge is 0.187 e. The summed E-state index contributed by atoms with van der Waals surface area (Å²) in [5, 5.41) is 7.71. The molecule has 0 amide bonds. The van der Waals surface area contributed by atoms with E-state index in [9.17, 15) is 9.59 Å². The quantitative estimate of drug-likeness (QED) is 0.331. The molecule has 4 nitrogen and oxygen atoms in total. The molecule has 8 heavy (non-hydrogen) atoms. The fourth-order valence-corrected chi connectivity index (χ4v) is 0.180. The van der Waals surface area contributed by atoms with E-state index in [-0.39, 0.29) is 17.4 Å². The van der Waals surface area contributed by atoms with E-state index >= 15 is 0 Å². The first-order valence-corrected chi connectivity index (χ1v) is 1.93. The van der Waals surface area contributed by atoms with Crippen LogP contribution < -0.4 is 0 Å². The maximum atomic E-state index is 9.69. The zero-order valence-corrected chi connectivity index (χ0v) is 4.73. The van der Waals surface area contributed by atoms with Gasteiger partial charge >= 0.3 is 50.8 Å². The molecule has 43 valence electrons. The Labute approximate surface area is 68.2 Å². The van der Waals surface area contributed by atoms with E-state index < -0.39 is 11.9 Å². The van der Waals surface area contributed by atoms with E-state index in [0.717, 1.165) is 20.8 Å². The number of carbonyl (C=O) groups is 2. The monoisotopic (exact) mass is 167 g/mol. The Balaban J connectivity index is 0. The third kappa shape index (κ3) is 4.35. The van der Waals surface area contributed by atoms with Crippen LogP contribution in [0, 0.1) is 0 Å². The van der Waals surface area contributed by atoms with Gasteiger partial charge in [0.05, 0.1) is 0 Å². The van der Waals surface area contributed by atoms with Gasteiger partial charge in [0, 0.05) is 0 Å². The number of rotatable bonds is 0. The van der Waals surface area contributed by atoms with E-state index in [0.29, 0.717) is 0 Å². The van der Waals surface area contributed by atoms with E-state index in [1.807, 2.05) is 0 Å². The fraction of sp³-hybridized carbons (Fsp3) is 0. The molecule has 0 aromatic carbocycles. The number of hydrogen-bond acceptors (Lipinski definition) is 3. The molecule has 6 heteroatoms. The minimum Gasteiger partial charge on any atom is 0.187 e. The maximum absolute atomic E-state index is 9.69. The number of carboxylic acids is 1.